The minimum Gasteiger partial charge on any atom is -0.384 e. The lowest BCUT2D eigenvalue weighted by molar-refractivity contribution is -0.134. The molecule has 1 saturated carbocycles. The van der Waals surface area contributed by atoms with Crippen molar-refractivity contribution in [1.29, 1.82) is 5.26 Å². The number of hydrogen-bond acceptors (Lipinski definition) is 5. The van der Waals surface area contributed by atoms with Crippen LogP contribution in [-0.4, -0.2) is 55.2 Å². The molecule has 2 aliphatic rings. The summed E-state index contributed by atoms with van der Waals surface area (Å²) in [6.07, 6.45) is 3.65. The van der Waals surface area contributed by atoms with E-state index in [1.54, 1.807) is 7.11 Å². The fourth-order valence-electron chi connectivity index (χ4n) is 4.99. The molecule has 1 aromatic heterocycles. The summed E-state index contributed by atoms with van der Waals surface area (Å²) in [6.45, 7) is 8.75. The van der Waals surface area contributed by atoms with Crippen molar-refractivity contribution in [1.82, 2.24) is 9.88 Å². The normalized spacial score (nSPS) is 18.3. The number of piperazine rings is 1. The van der Waals surface area contributed by atoms with E-state index < -0.39 is 0 Å². The first-order valence-corrected chi connectivity index (χ1v) is 12.1. The van der Waals surface area contributed by atoms with Gasteiger partial charge in [0.25, 0.3) is 0 Å². The number of hydrogen-bond donors (Lipinski definition) is 0. The molecule has 0 bridgehead atoms. The summed E-state index contributed by atoms with van der Waals surface area (Å²) in [6, 6.07) is 11.0. The van der Waals surface area contributed by atoms with Crippen LogP contribution in [0.2, 0.25) is 0 Å². The van der Waals surface area contributed by atoms with Crippen molar-refractivity contribution in [3.63, 3.8) is 0 Å². The van der Waals surface area contributed by atoms with E-state index in [1.165, 1.54) is 11.1 Å². The molecule has 1 aliphatic carbocycles. The van der Waals surface area contributed by atoms with Gasteiger partial charge in [-0.25, -0.2) is 4.98 Å². The Bertz CT molecular complexity index is 1070. The van der Waals surface area contributed by atoms with Crippen LogP contribution >= 0.6 is 0 Å². The Morgan fingerprint density at radius 1 is 1.27 bits per heavy atom. The monoisotopic (exact) mass is 446 g/mol. The molecule has 4 rings (SSSR count). The van der Waals surface area contributed by atoms with Crippen LogP contribution in [0, 0.1) is 18.3 Å². The largest absolute Gasteiger partial charge is 0.384 e. The molecule has 0 radical (unpaired) electrons. The molecule has 1 amide bonds. The smallest absolute Gasteiger partial charge is 0.225 e. The second kappa shape index (κ2) is 9.93. The van der Waals surface area contributed by atoms with E-state index in [1.807, 2.05) is 4.90 Å². The van der Waals surface area contributed by atoms with Crippen molar-refractivity contribution in [2.24, 2.45) is 0 Å². The topological polar surface area (TPSA) is 69.5 Å². The SMILES string of the molecule is CCc1ccccc1-c1c(C2CC2)nc(N2CCN(C(=O)CCOC)[C@H](C)C2)c(C#N)c1C. The molecule has 2 heterocycles. The lowest BCUT2D eigenvalue weighted by Crippen LogP contribution is -2.54. The van der Waals surface area contributed by atoms with E-state index in [0.29, 0.717) is 44.1 Å². The zero-order chi connectivity index (χ0) is 23.5. The Balaban J connectivity index is 1.71. The minimum atomic E-state index is 0.0571. The van der Waals surface area contributed by atoms with E-state index >= 15 is 0 Å². The average molecular weight is 447 g/mol. The van der Waals surface area contributed by atoms with Gasteiger partial charge in [0.15, 0.2) is 0 Å². The number of nitrogens with zero attached hydrogens (tertiary/aromatic N) is 4. The standard InChI is InChI=1S/C27H34N4O2/c1-5-20-8-6-7-9-22(20)25-19(3)23(16-28)27(29-26(25)21-10-11-21)30-13-14-31(18(2)17-30)24(32)12-15-33-4/h6-9,18,21H,5,10-15,17H2,1-4H3/t18-/m1/s1. The summed E-state index contributed by atoms with van der Waals surface area (Å²) in [5.74, 6) is 1.37. The first-order chi connectivity index (χ1) is 16.0. The van der Waals surface area contributed by atoms with Gasteiger partial charge < -0.3 is 14.5 Å². The van der Waals surface area contributed by atoms with E-state index in [2.05, 4.69) is 56.0 Å². The van der Waals surface area contributed by atoms with Crippen LogP contribution in [0.4, 0.5) is 5.82 Å². The number of benzene rings is 1. The van der Waals surface area contributed by atoms with Crippen molar-refractivity contribution < 1.29 is 9.53 Å². The first-order valence-electron chi connectivity index (χ1n) is 12.1. The molecule has 174 valence electrons. The van der Waals surface area contributed by atoms with Crippen molar-refractivity contribution in [3.8, 4) is 17.2 Å². The molecule has 1 saturated heterocycles. The van der Waals surface area contributed by atoms with Gasteiger partial charge in [0.2, 0.25) is 5.91 Å². The molecule has 6 heteroatoms. The lowest BCUT2D eigenvalue weighted by Gasteiger charge is -2.41. The van der Waals surface area contributed by atoms with Crippen LogP contribution in [0.1, 0.15) is 61.4 Å². The molecule has 1 aromatic carbocycles. The second-order valence-corrected chi connectivity index (χ2v) is 9.22. The van der Waals surface area contributed by atoms with Gasteiger partial charge in [-0.2, -0.15) is 5.26 Å². The highest BCUT2D eigenvalue weighted by Crippen LogP contribution is 2.47. The highest BCUT2D eigenvalue weighted by Gasteiger charge is 2.34. The number of rotatable bonds is 7. The van der Waals surface area contributed by atoms with Gasteiger partial charge in [0.05, 0.1) is 24.3 Å². The van der Waals surface area contributed by atoms with Crippen LogP contribution in [-0.2, 0) is 16.0 Å². The number of anilines is 1. The van der Waals surface area contributed by atoms with Crippen LogP contribution in [0.25, 0.3) is 11.1 Å². The van der Waals surface area contributed by atoms with Crippen molar-refractivity contribution in [2.75, 3.05) is 38.3 Å². The molecule has 33 heavy (non-hydrogen) atoms. The molecule has 0 N–H and O–H groups in total. The van der Waals surface area contributed by atoms with Crippen molar-refractivity contribution in [2.45, 2.75) is 58.4 Å². The van der Waals surface area contributed by atoms with Gasteiger partial charge in [0, 0.05) is 44.3 Å². The van der Waals surface area contributed by atoms with Gasteiger partial charge in [-0.15, -0.1) is 0 Å². The molecular formula is C27H34N4O2. The maximum atomic E-state index is 12.6. The summed E-state index contributed by atoms with van der Waals surface area (Å²) < 4.78 is 5.07. The van der Waals surface area contributed by atoms with Crippen LogP contribution in [0.5, 0.6) is 0 Å². The first kappa shape index (κ1) is 23.3. The molecule has 6 nitrogen and oxygen atoms in total. The number of aromatic nitrogens is 1. The molecule has 0 spiro atoms. The maximum absolute atomic E-state index is 12.6. The molecule has 1 atom stereocenters. The highest BCUT2D eigenvalue weighted by molar-refractivity contribution is 5.80. The van der Waals surface area contributed by atoms with Gasteiger partial charge >= 0.3 is 0 Å². The Kier molecular flexibility index (Phi) is 6.99. The number of aryl methyl sites for hydroxylation is 1. The fraction of sp³-hybridized carbons (Fsp3) is 0.519. The summed E-state index contributed by atoms with van der Waals surface area (Å²) in [5, 5.41) is 10.2. The number of methoxy groups -OCH3 is 1. The zero-order valence-corrected chi connectivity index (χ0v) is 20.2. The van der Waals surface area contributed by atoms with Gasteiger partial charge in [-0.1, -0.05) is 31.2 Å². The Morgan fingerprint density at radius 2 is 2.03 bits per heavy atom. The van der Waals surface area contributed by atoms with Gasteiger partial charge in [0.1, 0.15) is 11.9 Å². The minimum absolute atomic E-state index is 0.0571. The average Bonchev–Trinajstić information content (AvgIpc) is 3.67. The highest BCUT2D eigenvalue weighted by atomic mass is 16.5. The number of carbonyl (C=O) groups excluding carboxylic acids is 1. The maximum Gasteiger partial charge on any atom is 0.225 e. The van der Waals surface area contributed by atoms with Crippen LogP contribution < -0.4 is 4.90 Å². The van der Waals surface area contributed by atoms with E-state index in [-0.39, 0.29) is 11.9 Å². The molecule has 1 aliphatic heterocycles. The Labute approximate surface area is 197 Å². The van der Waals surface area contributed by atoms with E-state index in [0.717, 1.165) is 41.9 Å². The van der Waals surface area contributed by atoms with Crippen molar-refractivity contribution >= 4 is 11.7 Å². The molecular weight excluding hydrogens is 412 g/mol. The summed E-state index contributed by atoms with van der Waals surface area (Å²) in [5.41, 5.74) is 6.46. The van der Waals surface area contributed by atoms with E-state index in [9.17, 15) is 10.1 Å². The molecule has 2 fully saturated rings. The lowest BCUT2D eigenvalue weighted by atomic mass is 9.90. The molecule has 0 unspecified atom stereocenters. The third-order valence-electron chi connectivity index (χ3n) is 6.97. The van der Waals surface area contributed by atoms with Crippen LogP contribution in [0.3, 0.4) is 0 Å². The van der Waals surface area contributed by atoms with Gasteiger partial charge in [-0.05, 0) is 49.8 Å². The van der Waals surface area contributed by atoms with Gasteiger partial charge in [-0.3, -0.25) is 4.79 Å². The summed E-state index contributed by atoms with van der Waals surface area (Å²) >= 11 is 0. The van der Waals surface area contributed by atoms with Crippen LogP contribution in [0.15, 0.2) is 24.3 Å². The predicted octanol–water partition coefficient (Wildman–Crippen LogP) is 4.44. The number of ether oxygens (including phenoxy) is 1. The number of amides is 1. The molecule has 2 aromatic rings. The number of pyridine rings is 1. The third kappa shape index (κ3) is 4.60. The number of nitriles is 1. The fourth-order valence-corrected chi connectivity index (χ4v) is 4.99. The summed E-state index contributed by atoms with van der Waals surface area (Å²) in [7, 11) is 1.62. The number of carbonyl (C=O) groups is 1. The quantitative estimate of drug-likeness (QED) is 0.629. The third-order valence-corrected chi connectivity index (χ3v) is 6.97. The second-order valence-electron chi connectivity index (χ2n) is 9.22. The zero-order valence-electron chi connectivity index (χ0n) is 20.2. The van der Waals surface area contributed by atoms with Crippen molar-refractivity contribution in [3.05, 3.63) is 46.6 Å². The Hall–Kier alpha value is -2.91. The Morgan fingerprint density at radius 3 is 2.67 bits per heavy atom. The summed E-state index contributed by atoms with van der Waals surface area (Å²) in [4.78, 5) is 21.9. The van der Waals surface area contributed by atoms with E-state index in [4.69, 9.17) is 9.72 Å². The predicted molar refractivity (Wildman–Crippen MR) is 130 cm³/mol.